The van der Waals surface area contributed by atoms with E-state index in [1.54, 1.807) is 6.07 Å². The van der Waals surface area contributed by atoms with Crippen molar-refractivity contribution in [3.63, 3.8) is 0 Å². The van der Waals surface area contributed by atoms with Crippen molar-refractivity contribution in [2.24, 2.45) is 5.10 Å². The zero-order chi connectivity index (χ0) is 20.1. The van der Waals surface area contributed by atoms with Gasteiger partial charge in [-0.2, -0.15) is 5.10 Å². The molecule has 0 saturated carbocycles. The summed E-state index contributed by atoms with van der Waals surface area (Å²) in [5, 5.41) is 5.43. The zero-order valence-corrected chi connectivity index (χ0v) is 17.2. The molecule has 0 unspecified atom stereocenters. The highest BCUT2D eigenvalue weighted by Crippen LogP contribution is 2.29. The summed E-state index contributed by atoms with van der Waals surface area (Å²) in [5.41, 5.74) is 4.27. The van der Waals surface area contributed by atoms with Gasteiger partial charge in [-0.05, 0) is 73.5 Å². The Morgan fingerprint density at radius 2 is 1.76 bits per heavy atom. The van der Waals surface area contributed by atoms with Crippen molar-refractivity contribution < 1.29 is 9.21 Å². The van der Waals surface area contributed by atoms with Crippen LogP contribution in [0, 0.1) is 0 Å². The smallest absolute Gasteiger partial charge is 0.271 e. The van der Waals surface area contributed by atoms with Crippen molar-refractivity contribution in [3.8, 4) is 0 Å². The summed E-state index contributed by atoms with van der Waals surface area (Å²) in [5.74, 6) is 0.308. The van der Waals surface area contributed by atoms with Gasteiger partial charge >= 0.3 is 0 Å². The van der Waals surface area contributed by atoms with Gasteiger partial charge in [-0.3, -0.25) is 4.79 Å². The molecular weight excluding hydrogens is 406 g/mol. The van der Waals surface area contributed by atoms with Gasteiger partial charge < -0.3 is 9.32 Å². The number of amides is 1. The zero-order valence-electron chi connectivity index (χ0n) is 15.7. The average Bonchev–Trinajstić information content (AvgIpc) is 3.42. The number of nitrogens with zero attached hydrogens (tertiary/aromatic N) is 2. The lowest BCUT2D eigenvalue weighted by atomic mass is 10.2. The summed E-state index contributed by atoms with van der Waals surface area (Å²) >= 11 is 7.38. The molecule has 2 aromatic carbocycles. The second kappa shape index (κ2) is 9.20. The van der Waals surface area contributed by atoms with Crippen LogP contribution in [0.15, 0.2) is 80.2 Å². The third-order valence-corrected chi connectivity index (χ3v) is 5.77. The first-order valence-corrected chi connectivity index (χ1v) is 10.6. The summed E-state index contributed by atoms with van der Waals surface area (Å²) in [4.78, 5) is 15.6. The van der Waals surface area contributed by atoms with Gasteiger partial charge in [-0.1, -0.05) is 23.4 Å². The average molecular weight is 426 g/mol. The Balaban J connectivity index is 1.31. The van der Waals surface area contributed by atoms with E-state index in [9.17, 15) is 4.79 Å². The van der Waals surface area contributed by atoms with Gasteiger partial charge in [0, 0.05) is 34.3 Å². The maximum Gasteiger partial charge on any atom is 0.271 e. The lowest BCUT2D eigenvalue weighted by Gasteiger charge is -2.17. The number of carbonyl (C=O) groups excluding carboxylic acids is 1. The number of furan rings is 1. The molecule has 7 heteroatoms. The third kappa shape index (κ3) is 5.22. The van der Waals surface area contributed by atoms with Crippen molar-refractivity contribution in [2.75, 3.05) is 18.0 Å². The summed E-state index contributed by atoms with van der Waals surface area (Å²) in [7, 11) is 0. The maximum absolute atomic E-state index is 12.3. The molecule has 1 fully saturated rings. The lowest BCUT2D eigenvalue weighted by Crippen LogP contribution is -2.19. The largest absolute Gasteiger partial charge is 0.448 e. The SMILES string of the molecule is O=C(N/N=C\c1ccc(Sc2ccc(Cl)cc2)o1)c1ccc(N2CCCC2)cc1. The topological polar surface area (TPSA) is 57.8 Å². The fourth-order valence-electron chi connectivity index (χ4n) is 3.10. The van der Waals surface area contributed by atoms with Gasteiger partial charge in [-0.15, -0.1) is 0 Å². The summed E-state index contributed by atoms with van der Waals surface area (Å²) in [6.45, 7) is 2.16. The number of hydrazone groups is 1. The molecule has 0 aliphatic carbocycles. The molecule has 29 heavy (non-hydrogen) atoms. The van der Waals surface area contributed by atoms with E-state index in [1.165, 1.54) is 30.8 Å². The molecule has 148 valence electrons. The number of rotatable bonds is 6. The van der Waals surface area contributed by atoms with Crippen LogP contribution in [0.3, 0.4) is 0 Å². The van der Waals surface area contributed by atoms with E-state index in [4.69, 9.17) is 16.0 Å². The predicted molar refractivity (Wildman–Crippen MR) is 117 cm³/mol. The number of hydrogen-bond donors (Lipinski definition) is 1. The van der Waals surface area contributed by atoms with Crippen LogP contribution in [0.4, 0.5) is 5.69 Å². The van der Waals surface area contributed by atoms with Crippen LogP contribution in [0.2, 0.25) is 5.02 Å². The summed E-state index contributed by atoms with van der Waals surface area (Å²) < 4.78 is 5.70. The van der Waals surface area contributed by atoms with Crippen molar-refractivity contribution in [1.82, 2.24) is 5.43 Å². The first-order valence-electron chi connectivity index (χ1n) is 9.39. The summed E-state index contributed by atoms with van der Waals surface area (Å²) in [6, 6.07) is 18.8. The Morgan fingerprint density at radius 1 is 1.03 bits per heavy atom. The minimum Gasteiger partial charge on any atom is -0.448 e. The maximum atomic E-state index is 12.3. The Bertz CT molecular complexity index is 994. The van der Waals surface area contributed by atoms with Crippen LogP contribution < -0.4 is 10.3 Å². The van der Waals surface area contributed by atoms with Crippen LogP contribution in [-0.4, -0.2) is 25.2 Å². The van der Waals surface area contributed by atoms with Gasteiger partial charge in [-0.25, -0.2) is 5.43 Å². The van der Waals surface area contributed by atoms with E-state index in [-0.39, 0.29) is 5.91 Å². The first kappa shape index (κ1) is 19.6. The molecule has 1 aliphatic heterocycles. The number of halogens is 1. The van der Waals surface area contributed by atoms with E-state index in [0.29, 0.717) is 16.3 Å². The Morgan fingerprint density at radius 3 is 2.48 bits per heavy atom. The molecule has 0 bridgehead atoms. The van der Waals surface area contributed by atoms with Gasteiger partial charge in [0.15, 0.2) is 5.09 Å². The molecule has 5 nitrogen and oxygen atoms in total. The standard InChI is InChI=1S/C22H20ClN3O2S/c23-17-5-10-20(11-6-17)29-21-12-9-19(28-21)15-24-25-22(27)16-3-7-18(8-4-16)26-13-1-2-14-26/h3-12,15H,1-2,13-14H2,(H,25,27)/b24-15-. The Kier molecular flexibility index (Phi) is 6.22. The quantitative estimate of drug-likeness (QED) is 0.421. The Labute approximate surface area is 178 Å². The molecule has 1 aromatic heterocycles. The fraction of sp³-hybridized carbons (Fsp3) is 0.182. The van der Waals surface area contributed by atoms with Crippen molar-refractivity contribution in [3.05, 3.63) is 77.0 Å². The molecule has 0 radical (unpaired) electrons. The molecule has 0 spiro atoms. The minimum absolute atomic E-state index is 0.253. The molecule has 1 amide bonds. The normalized spacial score (nSPS) is 13.9. The van der Waals surface area contributed by atoms with E-state index in [0.717, 1.165) is 28.8 Å². The second-order valence-corrected chi connectivity index (χ2v) is 8.17. The van der Waals surface area contributed by atoms with Gasteiger partial charge in [0.05, 0.1) is 6.21 Å². The van der Waals surface area contributed by atoms with Crippen molar-refractivity contribution in [2.45, 2.75) is 22.8 Å². The Hall–Kier alpha value is -2.70. The monoisotopic (exact) mass is 425 g/mol. The van der Waals surface area contributed by atoms with Crippen LogP contribution >= 0.6 is 23.4 Å². The molecule has 4 rings (SSSR count). The first-order chi connectivity index (χ1) is 14.2. The van der Waals surface area contributed by atoms with Crippen molar-refractivity contribution >= 4 is 41.2 Å². The molecule has 1 N–H and O–H groups in total. The molecule has 2 heterocycles. The van der Waals surface area contributed by atoms with Crippen molar-refractivity contribution in [1.29, 1.82) is 0 Å². The fourth-order valence-corrected chi connectivity index (χ4v) is 4.00. The molecule has 3 aromatic rings. The van der Waals surface area contributed by atoms with Gasteiger partial charge in [0.2, 0.25) is 0 Å². The van der Waals surface area contributed by atoms with Gasteiger partial charge in [0.25, 0.3) is 5.91 Å². The van der Waals surface area contributed by atoms with Crippen LogP contribution in [0.25, 0.3) is 0 Å². The predicted octanol–water partition coefficient (Wildman–Crippen LogP) is 5.45. The van der Waals surface area contributed by atoms with E-state index < -0.39 is 0 Å². The minimum atomic E-state index is -0.253. The molecular formula is C22H20ClN3O2S. The molecule has 1 aliphatic rings. The van der Waals surface area contributed by atoms with Crippen LogP contribution in [0.5, 0.6) is 0 Å². The molecule has 1 saturated heterocycles. The summed E-state index contributed by atoms with van der Waals surface area (Å²) in [6.07, 6.45) is 3.94. The number of benzene rings is 2. The molecule has 0 atom stereocenters. The van der Waals surface area contributed by atoms with Crippen LogP contribution in [-0.2, 0) is 0 Å². The number of nitrogens with one attached hydrogen (secondary N) is 1. The van der Waals surface area contributed by atoms with E-state index in [2.05, 4.69) is 15.4 Å². The number of hydrogen-bond acceptors (Lipinski definition) is 5. The number of anilines is 1. The van der Waals surface area contributed by atoms with Crippen LogP contribution in [0.1, 0.15) is 29.0 Å². The van der Waals surface area contributed by atoms with E-state index >= 15 is 0 Å². The third-order valence-electron chi connectivity index (χ3n) is 4.59. The van der Waals surface area contributed by atoms with Gasteiger partial charge in [0.1, 0.15) is 5.76 Å². The highest BCUT2D eigenvalue weighted by molar-refractivity contribution is 7.99. The lowest BCUT2D eigenvalue weighted by molar-refractivity contribution is 0.0955. The number of carbonyl (C=O) groups is 1. The second-order valence-electron chi connectivity index (χ2n) is 6.65. The highest BCUT2D eigenvalue weighted by Gasteiger charge is 2.13. The highest BCUT2D eigenvalue weighted by atomic mass is 35.5. The van der Waals surface area contributed by atoms with E-state index in [1.807, 2.05) is 54.6 Å².